The highest BCUT2D eigenvalue weighted by atomic mass is 16.5. The third kappa shape index (κ3) is 3.81. The minimum Gasteiger partial charge on any atom is -0.384 e. The second kappa shape index (κ2) is 6.85. The molecule has 0 spiro atoms. The van der Waals surface area contributed by atoms with Gasteiger partial charge in [-0.3, -0.25) is 0 Å². The van der Waals surface area contributed by atoms with E-state index in [0.717, 1.165) is 5.56 Å². The zero-order chi connectivity index (χ0) is 16.2. The van der Waals surface area contributed by atoms with Gasteiger partial charge in [0.2, 0.25) is 0 Å². The van der Waals surface area contributed by atoms with Crippen molar-refractivity contribution in [2.24, 2.45) is 0 Å². The van der Waals surface area contributed by atoms with Crippen LogP contribution < -0.4 is 0 Å². The Bertz CT molecular complexity index is 616. The van der Waals surface area contributed by atoms with Crippen LogP contribution in [-0.2, 0) is 4.74 Å². The van der Waals surface area contributed by atoms with Crippen LogP contribution in [-0.4, -0.2) is 38.2 Å². The van der Waals surface area contributed by atoms with Crippen molar-refractivity contribution < 1.29 is 9.84 Å². The van der Waals surface area contributed by atoms with Crippen LogP contribution >= 0.6 is 0 Å². The summed E-state index contributed by atoms with van der Waals surface area (Å²) < 4.78 is 7.25. The Balaban J connectivity index is 2.41. The molecule has 1 heterocycles. The second-order valence-electron chi connectivity index (χ2n) is 5.76. The summed E-state index contributed by atoms with van der Waals surface area (Å²) in [4.78, 5) is 3.97. The molecule has 5 heteroatoms. The molecule has 1 N–H and O–H groups in total. The highest BCUT2D eigenvalue weighted by Crippen LogP contribution is 2.25. The Labute approximate surface area is 131 Å². The van der Waals surface area contributed by atoms with Crippen LogP contribution in [0.25, 0.3) is 11.8 Å². The molecule has 0 amide bonds. The van der Waals surface area contributed by atoms with Crippen molar-refractivity contribution in [2.45, 2.75) is 39.4 Å². The van der Waals surface area contributed by atoms with E-state index in [1.807, 2.05) is 58.0 Å². The number of aliphatic hydroxyl groups is 1. The molecule has 5 nitrogen and oxygen atoms in total. The monoisotopic (exact) mass is 301 g/mol. The van der Waals surface area contributed by atoms with E-state index in [1.54, 1.807) is 11.0 Å². The van der Waals surface area contributed by atoms with Gasteiger partial charge in [0.25, 0.3) is 0 Å². The van der Waals surface area contributed by atoms with Crippen LogP contribution in [0.2, 0.25) is 0 Å². The first kappa shape index (κ1) is 16.4. The van der Waals surface area contributed by atoms with Crippen molar-refractivity contribution in [3.05, 3.63) is 48.0 Å². The van der Waals surface area contributed by atoms with Gasteiger partial charge in [0.15, 0.2) is 0 Å². The first-order chi connectivity index (χ1) is 10.4. The summed E-state index contributed by atoms with van der Waals surface area (Å²) in [6.07, 6.45) is 4.09. The third-order valence-electron chi connectivity index (χ3n) is 3.53. The molecule has 0 aliphatic rings. The summed E-state index contributed by atoms with van der Waals surface area (Å²) in [5, 5.41) is 14.9. The summed E-state index contributed by atoms with van der Waals surface area (Å²) in [6.45, 7) is 8.20. The maximum Gasteiger partial charge on any atom is 0.138 e. The van der Waals surface area contributed by atoms with Gasteiger partial charge < -0.3 is 9.84 Å². The Morgan fingerprint density at radius 3 is 2.59 bits per heavy atom. The summed E-state index contributed by atoms with van der Waals surface area (Å²) in [5.41, 5.74) is 2.08. The number of aryl methyl sites for hydroxylation is 1. The van der Waals surface area contributed by atoms with Gasteiger partial charge in [0.1, 0.15) is 18.8 Å². The third-order valence-corrected chi connectivity index (χ3v) is 3.53. The molecule has 0 saturated carbocycles. The fraction of sp³-hybridized carbons (Fsp3) is 0.412. The second-order valence-corrected chi connectivity index (χ2v) is 5.76. The van der Waals surface area contributed by atoms with Crippen LogP contribution in [0.3, 0.4) is 0 Å². The lowest BCUT2D eigenvalue weighted by atomic mass is 9.97. The Morgan fingerprint density at radius 1 is 1.36 bits per heavy atom. The number of aliphatic hydroxyl groups excluding tert-OH is 1. The van der Waals surface area contributed by atoms with Gasteiger partial charge in [-0.15, -0.1) is 0 Å². The molecule has 1 atom stereocenters. The molecule has 0 saturated heterocycles. The molecule has 1 aromatic carbocycles. The van der Waals surface area contributed by atoms with Gasteiger partial charge >= 0.3 is 0 Å². The van der Waals surface area contributed by atoms with E-state index >= 15 is 0 Å². The smallest absolute Gasteiger partial charge is 0.138 e. The molecule has 2 aromatic rings. The molecular formula is C17H23N3O2. The topological polar surface area (TPSA) is 60.2 Å². The van der Waals surface area contributed by atoms with Crippen molar-refractivity contribution in [1.29, 1.82) is 0 Å². The van der Waals surface area contributed by atoms with Crippen molar-refractivity contribution in [3.8, 4) is 0 Å². The number of rotatable bonds is 6. The zero-order valence-corrected chi connectivity index (χ0v) is 13.5. The van der Waals surface area contributed by atoms with Crippen LogP contribution in [0.4, 0.5) is 0 Å². The van der Waals surface area contributed by atoms with Crippen LogP contribution in [0, 0.1) is 6.92 Å². The van der Waals surface area contributed by atoms with E-state index in [0.29, 0.717) is 12.3 Å². The highest BCUT2D eigenvalue weighted by molar-refractivity contribution is 5.73. The van der Waals surface area contributed by atoms with Gasteiger partial charge in [0, 0.05) is 6.61 Å². The van der Waals surface area contributed by atoms with Crippen LogP contribution in [0.1, 0.15) is 31.9 Å². The van der Waals surface area contributed by atoms with Gasteiger partial charge in [0.05, 0.1) is 11.3 Å². The Hall–Kier alpha value is -1.98. The molecule has 118 valence electrons. The Kier molecular flexibility index (Phi) is 5.11. The van der Waals surface area contributed by atoms with Gasteiger partial charge in [-0.25, -0.2) is 9.67 Å². The molecule has 0 bridgehead atoms. The lowest BCUT2D eigenvalue weighted by Crippen LogP contribution is -2.41. The lowest BCUT2D eigenvalue weighted by Gasteiger charge is -2.31. The number of hydrogen-bond acceptors (Lipinski definition) is 4. The van der Waals surface area contributed by atoms with E-state index < -0.39 is 11.7 Å². The fourth-order valence-electron chi connectivity index (χ4n) is 2.25. The summed E-state index contributed by atoms with van der Waals surface area (Å²) in [5.74, 6) is 0. The molecule has 1 aromatic heterocycles. The van der Waals surface area contributed by atoms with Crippen LogP contribution in [0.15, 0.2) is 36.9 Å². The minimum absolute atomic E-state index is 0.527. The maximum absolute atomic E-state index is 10.8. The maximum atomic E-state index is 10.8. The summed E-state index contributed by atoms with van der Waals surface area (Å²) in [6, 6.07) is 8.08. The van der Waals surface area contributed by atoms with Crippen molar-refractivity contribution in [1.82, 2.24) is 14.8 Å². The molecular weight excluding hydrogens is 278 g/mol. The predicted octanol–water partition coefficient (Wildman–Crippen LogP) is 2.76. The Morgan fingerprint density at radius 2 is 2.05 bits per heavy atom. The van der Waals surface area contributed by atoms with Gasteiger partial charge in [-0.1, -0.05) is 29.8 Å². The number of hydrogen-bond donors (Lipinski definition) is 1. The van der Waals surface area contributed by atoms with Gasteiger partial charge in [-0.05, 0) is 39.3 Å². The SMILES string of the molecule is CCOC(C)(C)C(O)/C(=C\c1ccc(C)cc1)n1cncn1. The highest BCUT2D eigenvalue weighted by Gasteiger charge is 2.32. The summed E-state index contributed by atoms with van der Waals surface area (Å²) in [7, 11) is 0. The normalized spacial score (nSPS) is 14.1. The average molecular weight is 301 g/mol. The van der Waals surface area contributed by atoms with E-state index in [1.165, 1.54) is 11.9 Å². The first-order valence-electron chi connectivity index (χ1n) is 7.39. The predicted molar refractivity (Wildman–Crippen MR) is 87.1 cm³/mol. The number of ether oxygens (including phenoxy) is 1. The standard InChI is InChI=1S/C17H23N3O2/c1-5-22-17(3,4)16(21)15(20-12-18-11-19-20)10-14-8-6-13(2)7-9-14/h6-12,16,21H,5H2,1-4H3/b15-10+. The number of benzene rings is 1. The average Bonchev–Trinajstić information content (AvgIpc) is 3.00. The molecule has 22 heavy (non-hydrogen) atoms. The first-order valence-corrected chi connectivity index (χ1v) is 7.39. The zero-order valence-electron chi connectivity index (χ0n) is 13.5. The molecule has 2 rings (SSSR count). The molecule has 0 fully saturated rings. The van der Waals surface area contributed by atoms with Crippen molar-refractivity contribution >= 4 is 11.8 Å². The van der Waals surface area contributed by atoms with Gasteiger partial charge in [-0.2, -0.15) is 5.10 Å². The number of nitrogens with zero attached hydrogens (tertiary/aromatic N) is 3. The molecule has 0 aliphatic heterocycles. The summed E-state index contributed by atoms with van der Waals surface area (Å²) >= 11 is 0. The van der Waals surface area contributed by atoms with E-state index in [-0.39, 0.29) is 0 Å². The quantitative estimate of drug-likeness (QED) is 0.891. The fourth-order valence-corrected chi connectivity index (χ4v) is 2.25. The molecule has 0 aliphatic carbocycles. The van der Waals surface area contributed by atoms with E-state index in [9.17, 15) is 5.11 Å². The van der Waals surface area contributed by atoms with Crippen molar-refractivity contribution in [2.75, 3.05) is 6.61 Å². The van der Waals surface area contributed by atoms with Crippen molar-refractivity contribution in [3.63, 3.8) is 0 Å². The van der Waals surface area contributed by atoms with Crippen LogP contribution in [0.5, 0.6) is 0 Å². The lowest BCUT2D eigenvalue weighted by molar-refractivity contribution is -0.0753. The molecule has 1 unspecified atom stereocenters. The minimum atomic E-state index is -0.838. The van der Waals surface area contributed by atoms with E-state index in [4.69, 9.17) is 4.74 Å². The molecule has 0 radical (unpaired) electrons. The van der Waals surface area contributed by atoms with E-state index in [2.05, 4.69) is 10.1 Å². The number of aromatic nitrogens is 3. The largest absolute Gasteiger partial charge is 0.384 e.